The summed E-state index contributed by atoms with van der Waals surface area (Å²) in [4.78, 5) is 42.4. The van der Waals surface area contributed by atoms with Gasteiger partial charge in [0.1, 0.15) is 18.2 Å². The van der Waals surface area contributed by atoms with Crippen LogP contribution in [0.3, 0.4) is 0 Å². The second-order valence-corrected chi connectivity index (χ2v) is 8.57. The maximum Gasteiger partial charge on any atom is 0.278 e. The van der Waals surface area contributed by atoms with Gasteiger partial charge in [-0.05, 0) is 54.7 Å². The highest BCUT2D eigenvalue weighted by atomic mass is 35.5. The fourth-order valence-electron chi connectivity index (χ4n) is 3.93. The number of carbonyl (C=O) groups excluding carboxylic acids is 2. The molecule has 178 valence electrons. The molecule has 2 N–H and O–H groups in total. The zero-order valence-electron chi connectivity index (χ0n) is 18.2. The maximum absolute atomic E-state index is 14.1. The molecule has 0 saturated heterocycles. The number of halogens is 3. The SMILES string of the molecule is O=C(Nc1nc2ccc(F)cc2[nH]1)C(c1cncnc1)N(C(=O)C(F)Cl)c1ccc(C2CC2)cc1. The molecule has 2 aromatic carbocycles. The molecule has 2 unspecified atom stereocenters. The zero-order chi connectivity index (χ0) is 24.5. The smallest absolute Gasteiger partial charge is 0.278 e. The summed E-state index contributed by atoms with van der Waals surface area (Å²) in [6.07, 6.45) is 6.15. The van der Waals surface area contributed by atoms with Crippen LogP contribution >= 0.6 is 11.6 Å². The third kappa shape index (κ3) is 4.83. The lowest BCUT2D eigenvalue weighted by Gasteiger charge is -2.31. The summed E-state index contributed by atoms with van der Waals surface area (Å²) in [6.45, 7) is 0. The highest BCUT2D eigenvalue weighted by molar-refractivity contribution is 6.32. The van der Waals surface area contributed by atoms with Gasteiger partial charge in [-0.1, -0.05) is 23.7 Å². The van der Waals surface area contributed by atoms with Crippen molar-refractivity contribution < 1.29 is 18.4 Å². The van der Waals surface area contributed by atoms with Crippen LogP contribution < -0.4 is 10.2 Å². The van der Waals surface area contributed by atoms with Crippen molar-refractivity contribution in [3.63, 3.8) is 0 Å². The standard InChI is InChI=1S/C24H19ClF2N6O2/c25-21(27)23(35)33(17-6-3-14(4-7-17)13-1-2-13)20(15-10-28-12-29-11-15)22(34)32-24-30-18-8-5-16(26)9-19(18)31-24/h3-13,20-21H,1-2H2,(H2,30,31,32,34). The first-order chi connectivity index (χ1) is 16.9. The van der Waals surface area contributed by atoms with E-state index in [-0.39, 0.29) is 17.2 Å². The number of benzene rings is 2. The van der Waals surface area contributed by atoms with E-state index in [2.05, 4.69) is 25.3 Å². The number of nitrogens with one attached hydrogen (secondary N) is 2. The molecular weight excluding hydrogens is 478 g/mol. The molecule has 11 heteroatoms. The van der Waals surface area contributed by atoms with E-state index in [1.165, 1.54) is 36.9 Å². The summed E-state index contributed by atoms with van der Waals surface area (Å²) in [7, 11) is 0. The summed E-state index contributed by atoms with van der Waals surface area (Å²) in [6, 6.07) is 9.55. The Morgan fingerprint density at radius 3 is 2.49 bits per heavy atom. The van der Waals surface area contributed by atoms with Crippen molar-refractivity contribution in [1.29, 1.82) is 0 Å². The summed E-state index contributed by atoms with van der Waals surface area (Å²) in [5.74, 6) is -1.83. The molecule has 0 aliphatic heterocycles. The second-order valence-electron chi connectivity index (χ2n) is 8.19. The lowest BCUT2D eigenvalue weighted by atomic mass is 10.0. The van der Waals surface area contributed by atoms with Gasteiger partial charge in [-0.3, -0.25) is 19.8 Å². The Balaban J connectivity index is 1.54. The summed E-state index contributed by atoms with van der Waals surface area (Å²) >= 11 is 5.55. The number of fused-ring (bicyclic) bond motifs is 1. The first-order valence-corrected chi connectivity index (χ1v) is 11.3. The van der Waals surface area contributed by atoms with Crippen LogP contribution in [-0.2, 0) is 9.59 Å². The van der Waals surface area contributed by atoms with Crippen LogP contribution in [-0.4, -0.2) is 37.4 Å². The third-order valence-corrected chi connectivity index (χ3v) is 5.92. The molecule has 4 aromatic rings. The topological polar surface area (TPSA) is 104 Å². The number of nitrogens with zero attached hydrogens (tertiary/aromatic N) is 4. The number of carbonyl (C=O) groups is 2. The van der Waals surface area contributed by atoms with Crippen molar-refractivity contribution in [2.75, 3.05) is 10.2 Å². The van der Waals surface area contributed by atoms with Gasteiger partial charge in [0.25, 0.3) is 17.4 Å². The zero-order valence-corrected chi connectivity index (χ0v) is 18.9. The molecule has 0 radical (unpaired) electrons. The van der Waals surface area contributed by atoms with E-state index in [9.17, 15) is 18.4 Å². The highest BCUT2D eigenvalue weighted by Gasteiger charge is 2.37. The largest absolute Gasteiger partial charge is 0.324 e. The van der Waals surface area contributed by atoms with Crippen LogP contribution in [0.25, 0.3) is 11.0 Å². The Bertz CT molecular complexity index is 1380. The predicted molar refractivity (Wildman–Crippen MR) is 126 cm³/mol. The number of anilines is 2. The number of hydrogen-bond donors (Lipinski definition) is 2. The van der Waals surface area contributed by atoms with E-state index in [0.29, 0.717) is 17.0 Å². The Hall–Kier alpha value is -3.92. The van der Waals surface area contributed by atoms with Gasteiger partial charge < -0.3 is 4.98 Å². The number of amides is 2. The van der Waals surface area contributed by atoms with E-state index in [1.54, 1.807) is 12.1 Å². The number of aromatic amines is 1. The van der Waals surface area contributed by atoms with Crippen LogP contribution in [0, 0.1) is 5.82 Å². The number of rotatable bonds is 7. The molecule has 0 spiro atoms. The van der Waals surface area contributed by atoms with E-state index in [4.69, 9.17) is 11.6 Å². The average molecular weight is 497 g/mol. The molecule has 2 aromatic heterocycles. The van der Waals surface area contributed by atoms with E-state index < -0.39 is 29.3 Å². The van der Waals surface area contributed by atoms with E-state index in [0.717, 1.165) is 23.3 Å². The normalized spacial score (nSPS) is 14.9. The van der Waals surface area contributed by atoms with Crippen LogP contribution in [0.15, 0.2) is 61.2 Å². The maximum atomic E-state index is 14.1. The van der Waals surface area contributed by atoms with Crippen molar-refractivity contribution in [2.45, 2.75) is 30.4 Å². The number of aromatic nitrogens is 4. The van der Waals surface area contributed by atoms with Gasteiger partial charge in [-0.15, -0.1) is 0 Å². The number of H-pyrrole nitrogens is 1. The van der Waals surface area contributed by atoms with Crippen LogP contribution in [0.5, 0.6) is 0 Å². The van der Waals surface area contributed by atoms with Crippen molar-refractivity contribution in [2.24, 2.45) is 0 Å². The molecule has 0 bridgehead atoms. The van der Waals surface area contributed by atoms with Crippen molar-refractivity contribution in [3.05, 3.63) is 78.1 Å². The Kier molecular flexibility index (Phi) is 6.12. The highest BCUT2D eigenvalue weighted by Crippen LogP contribution is 2.41. The molecule has 5 rings (SSSR count). The quantitative estimate of drug-likeness (QED) is 0.363. The lowest BCUT2D eigenvalue weighted by Crippen LogP contribution is -2.44. The van der Waals surface area contributed by atoms with Gasteiger partial charge in [0.05, 0.1) is 11.0 Å². The van der Waals surface area contributed by atoms with Crippen molar-refractivity contribution in [1.82, 2.24) is 19.9 Å². The molecule has 1 aliphatic carbocycles. The molecule has 2 amide bonds. The molecular formula is C24H19ClF2N6O2. The summed E-state index contributed by atoms with van der Waals surface area (Å²) in [5, 5.41) is 2.59. The van der Waals surface area contributed by atoms with Gasteiger partial charge >= 0.3 is 0 Å². The number of imidazole rings is 1. The monoisotopic (exact) mass is 496 g/mol. The fraction of sp³-hybridized carbons (Fsp3) is 0.208. The van der Waals surface area contributed by atoms with Gasteiger partial charge in [-0.25, -0.2) is 23.7 Å². The second kappa shape index (κ2) is 9.38. The first-order valence-electron chi connectivity index (χ1n) is 10.8. The molecule has 1 saturated carbocycles. The molecule has 1 fully saturated rings. The summed E-state index contributed by atoms with van der Waals surface area (Å²) < 4.78 is 27.7. The average Bonchev–Trinajstić information content (AvgIpc) is 3.63. The van der Waals surface area contributed by atoms with Crippen LogP contribution in [0.2, 0.25) is 0 Å². The Labute approximate surface area is 203 Å². The molecule has 2 heterocycles. The molecule has 2 atom stereocenters. The van der Waals surface area contributed by atoms with Crippen LogP contribution in [0.1, 0.15) is 35.9 Å². The van der Waals surface area contributed by atoms with Gasteiger partial charge in [-0.2, -0.15) is 0 Å². The summed E-state index contributed by atoms with van der Waals surface area (Å²) in [5.41, 5.74) is -0.000365. The Morgan fingerprint density at radius 1 is 1.11 bits per heavy atom. The van der Waals surface area contributed by atoms with Crippen LogP contribution in [0.4, 0.5) is 20.4 Å². The van der Waals surface area contributed by atoms with E-state index >= 15 is 0 Å². The fourth-order valence-corrected chi connectivity index (χ4v) is 4.03. The molecule has 35 heavy (non-hydrogen) atoms. The number of hydrogen-bond acceptors (Lipinski definition) is 5. The number of alkyl halides is 2. The van der Waals surface area contributed by atoms with Crippen molar-refractivity contribution >= 4 is 46.1 Å². The Morgan fingerprint density at radius 2 is 1.83 bits per heavy atom. The third-order valence-electron chi connectivity index (χ3n) is 5.73. The minimum absolute atomic E-state index is 0.0246. The van der Waals surface area contributed by atoms with E-state index in [1.807, 2.05) is 12.1 Å². The minimum Gasteiger partial charge on any atom is -0.324 e. The van der Waals surface area contributed by atoms with Crippen molar-refractivity contribution in [3.8, 4) is 0 Å². The van der Waals surface area contributed by atoms with Gasteiger partial charge in [0, 0.05) is 23.6 Å². The molecule has 1 aliphatic rings. The van der Waals surface area contributed by atoms with Gasteiger partial charge in [0.2, 0.25) is 5.95 Å². The van der Waals surface area contributed by atoms with Gasteiger partial charge in [0.15, 0.2) is 0 Å². The minimum atomic E-state index is -2.40. The first kappa shape index (κ1) is 22.9. The predicted octanol–water partition coefficient (Wildman–Crippen LogP) is 4.62. The lowest BCUT2D eigenvalue weighted by molar-refractivity contribution is -0.125. The molecule has 8 nitrogen and oxygen atoms in total.